The van der Waals surface area contributed by atoms with Crippen LogP contribution in [0.2, 0.25) is 0 Å². The smallest absolute Gasteiger partial charge is 0.326 e. The molecule has 5 N–H and O–H groups in total. The van der Waals surface area contributed by atoms with Gasteiger partial charge in [-0.2, -0.15) is 0 Å². The molecule has 0 heterocycles. The molecule has 0 aliphatic heterocycles. The van der Waals surface area contributed by atoms with Crippen molar-refractivity contribution in [1.82, 2.24) is 10.6 Å². The summed E-state index contributed by atoms with van der Waals surface area (Å²) >= 11 is 0. The minimum Gasteiger partial charge on any atom is -0.480 e. The average Bonchev–Trinajstić information content (AvgIpc) is 2.33. The van der Waals surface area contributed by atoms with Crippen LogP contribution < -0.4 is 16.4 Å². The average molecular weight is 301 g/mol. The lowest BCUT2D eigenvalue weighted by Gasteiger charge is -2.22. The molecule has 0 bridgehead atoms. The number of nitrogens with two attached hydrogens (primary N) is 1. The molecule has 122 valence electrons. The Bertz CT molecular complexity index is 382. The van der Waals surface area contributed by atoms with E-state index in [1.54, 1.807) is 13.8 Å². The van der Waals surface area contributed by atoms with Gasteiger partial charge in [0.05, 0.1) is 6.04 Å². The fraction of sp³-hybridized carbons (Fsp3) is 0.786. The quantitative estimate of drug-likeness (QED) is 0.506. The Labute approximate surface area is 125 Å². The first-order valence-electron chi connectivity index (χ1n) is 7.15. The van der Waals surface area contributed by atoms with E-state index in [9.17, 15) is 14.4 Å². The van der Waals surface area contributed by atoms with Crippen molar-refractivity contribution in [2.45, 2.75) is 59.2 Å². The normalized spacial score (nSPS) is 15.4. The van der Waals surface area contributed by atoms with Gasteiger partial charge in [0.25, 0.3) is 0 Å². The number of carbonyl (C=O) groups excluding carboxylic acids is 2. The molecule has 0 aromatic rings. The predicted molar refractivity (Wildman–Crippen MR) is 79.4 cm³/mol. The van der Waals surface area contributed by atoms with Crippen LogP contribution >= 0.6 is 0 Å². The van der Waals surface area contributed by atoms with Gasteiger partial charge >= 0.3 is 5.97 Å². The molecule has 0 radical (unpaired) electrons. The number of hydrogen-bond donors (Lipinski definition) is 4. The van der Waals surface area contributed by atoms with Crippen LogP contribution in [0.15, 0.2) is 0 Å². The van der Waals surface area contributed by atoms with E-state index in [1.165, 1.54) is 6.92 Å². The minimum atomic E-state index is -1.10. The van der Waals surface area contributed by atoms with E-state index in [1.807, 2.05) is 13.8 Å². The summed E-state index contributed by atoms with van der Waals surface area (Å²) in [7, 11) is 0. The van der Waals surface area contributed by atoms with Gasteiger partial charge in [0.1, 0.15) is 12.1 Å². The van der Waals surface area contributed by atoms with E-state index in [-0.39, 0.29) is 11.8 Å². The maximum absolute atomic E-state index is 11.9. The molecule has 0 saturated carbocycles. The van der Waals surface area contributed by atoms with Gasteiger partial charge in [-0.3, -0.25) is 9.59 Å². The van der Waals surface area contributed by atoms with Crippen molar-refractivity contribution in [3.05, 3.63) is 0 Å². The Morgan fingerprint density at radius 1 is 1.00 bits per heavy atom. The minimum absolute atomic E-state index is 0.252. The second-order valence-corrected chi connectivity index (χ2v) is 6.03. The van der Waals surface area contributed by atoms with Crippen molar-refractivity contribution in [1.29, 1.82) is 0 Å². The fourth-order valence-electron chi connectivity index (χ4n) is 1.79. The maximum atomic E-state index is 11.9. The third-order valence-electron chi connectivity index (χ3n) is 3.04. The van der Waals surface area contributed by atoms with Crippen LogP contribution in [0.5, 0.6) is 0 Å². The fourth-order valence-corrected chi connectivity index (χ4v) is 1.79. The molecule has 7 heteroatoms. The zero-order valence-electron chi connectivity index (χ0n) is 13.3. The zero-order chi connectivity index (χ0) is 16.7. The van der Waals surface area contributed by atoms with E-state index in [2.05, 4.69) is 10.6 Å². The molecule has 0 aromatic heterocycles. The van der Waals surface area contributed by atoms with Crippen molar-refractivity contribution in [3.8, 4) is 0 Å². The first-order chi connectivity index (χ1) is 9.56. The lowest BCUT2D eigenvalue weighted by molar-refractivity contribution is -0.143. The summed E-state index contributed by atoms with van der Waals surface area (Å²) < 4.78 is 0. The van der Waals surface area contributed by atoms with Gasteiger partial charge in [0, 0.05) is 0 Å². The number of nitrogens with one attached hydrogen (secondary N) is 2. The van der Waals surface area contributed by atoms with Gasteiger partial charge in [0.2, 0.25) is 11.8 Å². The number of carboxylic acids is 1. The van der Waals surface area contributed by atoms with E-state index in [0.29, 0.717) is 6.42 Å². The number of carbonyl (C=O) groups is 3. The highest BCUT2D eigenvalue weighted by Gasteiger charge is 2.27. The molecule has 7 nitrogen and oxygen atoms in total. The van der Waals surface area contributed by atoms with Gasteiger partial charge in [-0.1, -0.05) is 27.7 Å². The van der Waals surface area contributed by atoms with Gasteiger partial charge < -0.3 is 21.5 Å². The van der Waals surface area contributed by atoms with Crippen LogP contribution in [-0.4, -0.2) is 41.0 Å². The Kier molecular flexibility index (Phi) is 7.94. The Balaban J connectivity index is 4.51. The molecule has 0 spiro atoms. The third kappa shape index (κ3) is 7.08. The van der Waals surface area contributed by atoms with E-state index >= 15 is 0 Å². The molecule has 3 atom stereocenters. The van der Waals surface area contributed by atoms with Gasteiger partial charge in [-0.15, -0.1) is 0 Å². The first-order valence-corrected chi connectivity index (χ1v) is 7.15. The summed E-state index contributed by atoms with van der Waals surface area (Å²) in [6.45, 7) is 8.78. The van der Waals surface area contributed by atoms with Crippen LogP contribution in [0.25, 0.3) is 0 Å². The van der Waals surface area contributed by atoms with E-state index < -0.39 is 35.9 Å². The topological polar surface area (TPSA) is 122 Å². The molecule has 0 fully saturated rings. The highest BCUT2D eigenvalue weighted by atomic mass is 16.4. The van der Waals surface area contributed by atoms with Gasteiger partial charge in [-0.05, 0) is 25.2 Å². The molecular formula is C14H27N3O4. The van der Waals surface area contributed by atoms with Crippen molar-refractivity contribution >= 4 is 17.8 Å². The number of hydrogen-bond acceptors (Lipinski definition) is 4. The van der Waals surface area contributed by atoms with E-state index in [0.717, 1.165) is 0 Å². The highest BCUT2D eigenvalue weighted by Crippen LogP contribution is 2.04. The second-order valence-electron chi connectivity index (χ2n) is 6.03. The molecule has 21 heavy (non-hydrogen) atoms. The van der Waals surface area contributed by atoms with Crippen molar-refractivity contribution < 1.29 is 19.5 Å². The largest absolute Gasteiger partial charge is 0.480 e. The molecule has 0 unspecified atom stereocenters. The van der Waals surface area contributed by atoms with Crippen LogP contribution in [0.3, 0.4) is 0 Å². The number of aliphatic carboxylic acids is 1. The summed E-state index contributed by atoms with van der Waals surface area (Å²) in [5, 5.41) is 13.9. The summed E-state index contributed by atoms with van der Waals surface area (Å²) in [5.74, 6) is -2.04. The van der Waals surface area contributed by atoms with Crippen LogP contribution in [0, 0.1) is 11.8 Å². The summed E-state index contributed by atoms with van der Waals surface area (Å²) in [6, 6.07) is -2.50. The SMILES string of the molecule is CC(C)C[C@H](N)C(=O)N[C@@H](C)C(=O)N[C@H](C(=O)O)C(C)C. The Morgan fingerprint density at radius 2 is 1.52 bits per heavy atom. The second kappa shape index (κ2) is 8.61. The lowest BCUT2D eigenvalue weighted by Crippen LogP contribution is -2.54. The van der Waals surface area contributed by atoms with Crippen molar-refractivity contribution in [2.75, 3.05) is 0 Å². The molecule has 0 aliphatic carbocycles. The molecule has 0 rings (SSSR count). The zero-order valence-corrected chi connectivity index (χ0v) is 13.3. The van der Waals surface area contributed by atoms with Crippen LogP contribution in [0.1, 0.15) is 41.0 Å². The number of amides is 2. The first kappa shape index (κ1) is 19.4. The van der Waals surface area contributed by atoms with Crippen LogP contribution in [-0.2, 0) is 14.4 Å². The van der Waals surface area contributed by atoms with Crippen LogP contribution in [0.4, 0.5) is 0 Å². The number of carboxylic acid groups (broad SMARTS) is 1. The van der Waals surface area contributed by atoms with Crippen molar-refractivity contribution in [2.24, 2.45) is 17.6 Å². The predicted octanol–water partition coefficient (Wildman–Crippen LogP) is 0.0899. The molecule has 0 aliphatic rings. The maximum Gasteiger partial charge on any atom is 0.326 e. The molecule has 0 saturated heterocycles. The highest BCUT2D eigenvalue weighted by molar-refractivity contribution is 5.91. The Hall–Kier alpha value is -1.63. The number of rotatable bonds is 8. The Morgan fingerprint density at radius 3 is 1.90 bits per heavy atom. The molecule has 0 aromatic carbocycles. The third-order valence-corrected chi connectivity index (χ3v) is 3.04. The summed E-state index contributed by atoms with van der Waals surface area (Å²) in [6.07, 6.45) is 0.518. The standard InChI is InChI=1S/C14H27N3O4/c1-7(2)6-10(15)13(19)16-9(5)12(18)17-11(8(3)4)14(20)21/h7-11H,6,15H2,1-5H3,(H,16,19)(H,17,18)(H,20,21)/t9-,10-,11-/m0/s1. The van der Waals surface area contributed by atoms with Gasteiger partial charge in [0.15, 0.2) is 0 Å². The molecular weight excluding hydrogens is 274 g/mol. The van der Waals surface area contributed by atoms with E-state index in [4.69, 9.17) is 10.8 Å². The lowest BCUT2D eigenvalue weighted by atomic mass is 10.0. The van der Waals surface area contributed by atoms with Gasteiger partial charge in [-0.25, -0.2) is 4.79 Å². The molecule has 2 amide bonds. The van der Waals surface area contributed by atoms with Crippen molar-refractivity contribution in [3.63, 3.8) is 0 Å². The monoisotopic (exact) mass is 301 g/mol. The summed E-state index contributed by atoms with van der Waals surface area (Å²) in [4.78, 5) is 34.8. The summed E-state index contributed by atoms with van der Waals surface area (Å²) in [5.41, 5.74) is 5.73.